The van der Waals surface area contributed by atoms with E-state index >= 15 is 0 Å². The maximum atomic E-state index is 5.37. The lowest BCUT2D eigenvalue weighted by Gasteiger charge is -2.24. The Morgan fingerprint density at radius 1 is 1.29 bits per heavy atom. The number of nitrogens with one attached hydrogen (secondary N) is 2. The summed E-state index contributed by atoms with van der Waals surface area (Å²) in [6.07, 6.45) is 11.5. The first-order valence-electron chi connectivity index (χ1n) is 7.78. The molecule has 2 aromatic heterocycles. The smallest absolute Gasteiger partial charge is 0.166 e. The van der Waals surface area contributed by atoms with E-state index in [1.165, 1.54) is 32.1 Å². The van der Waals surface area contributed by atoms with Gasteiger partial charge < -0.3 is 15.0 Å². The Bertz CT molecular complexity index is 568. The highest BCUT2D eigenvalue weighted by molar-refractivity contribution is 7.80. The summed E-state index contributed by atoms with van der Waals surface area (Å²) in [6.45, 7) is 0.822. The second-order valence-electron chi connectivity index (χ2n) is 5.68. The van der Waals surface area contributed by atoms with E-state index in [0.29, 0.717) is 6.04 Å². The first kappa shape index (κ1) is 14.3. The van der Waals surface area contributed by atoms with Gasteiger partial charge in [-0.3, -0.25) is 0 Å². The van der Waals surface area contributed by atoms with Gasteiger partial charge in [0.25, 0.3) is 0 Å². The lowest BCUT2D eigenvalue weighted by molar-refractivity contribution is 0.412. The summed E-state index contributed by atoms with van der Waals surface area (Å²) in [4.78, 5) is 4.58. The monoisotopic (exact) mass is 302 g/mol. The van der Waals surface area contributed by atoms with Gasteiger partial charge in [0.2, 0.25) is 0 Å². The van der Waals surface area contributed by atoms with Crippen LogP contribution in [0.3, 0.4) is 0 Å². The standard InChI is InChI=1S/C16H22N4S/c21-16(19-13-6-2-1-3-7-13)17-10-9-14-12-20-11-5-4-8-15(20)18-14/h4-5,8,11-13H,1-3,6-7,9-10H2,(H2,17,19,21). The Hall–Kier alpha value is -1.62. The molecule has 1 saturated carbocycles. The fraction of sp³-hybridized carbons (Fsp3) is 0.500. The van der Waals surface area contributed by atoms with Crippen molar-refractivity contribution in [3.8, 4) is 0 Å². The van der Waals surface area contributed by atoms with E-state index in [9.17, 15) is 0 Å². The zero-order valence-electron chi connectivity index (χ0n) is 12.2. The summed E-state index contributed by atoms with van der Waals surface area (Å²) in [5.41, 5.74) is 2.09. The zero-order valence-corrected chi connectivity index (χ0v) is 13.0. The topological polar surface area (TPSA) is 41.4 Å². The molecule has 0 spiro atoms. The molecule has 0 radical (unpaired) electrons. The van der Waals surface area contributed by atoms with Gasteiger partial charge in [0.15, 0.2) is 5.11 Å². The van der Waals surface area contributed by atoms with Crippen molar-refractivity contribution in [1.29, 1.82) is 0 Å². The molecule has 2 aromatic rings. The molecule has 0 unspecified atom stereocenters. The van der Waals surface area contributed by atoms with E-state index in [4.69, 9.17) is 12.2 Å². The Kier molecular flexibility index (Phi) is 4.70. The Morgan fingerprint density at radius 3 is 2.95 bits per heavy atom. The van der Waals surface area contributed by atoms with Crippen LogP contribution in [0.2, 0.25) is 0 Å². The molecule has 1 aliphatic rings. The molecular weight excluding hydrogens is 280 g/mol. The second-order valence-corrected chi connectivity index (χ2v) is 6.09. The highest BCUT2D eigenvalue weighted by Crippen LogP contribution is 2.17. The van der Waals surface area contributed by atoms with Crippen molar-refractivity contribution in [3.63, 3.8) is 0 Å². The Labute approximate surface area is 131 Å². The third-order valence-electron chi connectivity index (χ3n) is 4.02. The molecule has 0 amide bonds. The van der Waals surface area contributed by atoms with E-state index in [1.807, 2.05) is 28.8 Å². The van der Waals surface area contributed by atoms with Crippen molar-refractivity contribution in [2.45, 2.75) is 44.6 Å². The molecule has 21 heavy (non-hydrogen) atoms. The minimum atomic E-state index is 0.564. The molecule has 2 heterocycles. The number of hydrogen-bond donors (Lipinski definition) is 2. The van der Waals surface area contributed by atoms with Gasteiger partial charge >= 0.3 is 0 Å². The number of nitrogens with zero attached hydrogens (tertiary/aromatic N) is 2. The average Bonchev–Trinajstić information content (AvgIpc) is 2.91. The molecular formula is C16H22N4S. The van der Waals surface area contributed by atoms with Gasteiger partial charge in [0.05, 0.1) is 5.69 Å². The van der Waals surface area contributed by atoms with Crippen molar-refractivity contribution in [1.82, 2.24) is 20.0 Å². The van der Waals surface area contributed by atoms with E-state index < -0.39 is 0 Å². The second kappa shape index (κ2) is 6.89. The molecule has 0 saturated heterocycles. The summed E-state index contributed by atoms with van der Waals surface area (Å²) in [7, 11) is 0. The van der Waals surface area contributed by atoms with Gasteiger partial charge in [-0.25, -0.2) is 4.98 Å². The largest absolute Gasteiger partial charge is 0.362 e. The Balaban J connectivity index is 1.43. The molecule has 4 nitrogen and oxygen atoms in total. The minimum Gasteiger partial charge on any atom is -0.362 e. The summed E-state index contributed by atoms with van der Waals surface area (Å²) in [6, 6.07) is 6.61. The number of fused-ring (bicyclic) bond motifs is 1. The first-order valence-corrected chi connectivity index (χ1v) is 8.19. The van der Waals surface area contributed by atoms with Gasteiger partial charge in [-0.15, -0.1) is 0 Å². The van der Waals surface area contributed by atoms with Crippen LogP contribution >= 0.6 is 12.2 Å². The molecule has 0 aromatic carbocycles. The van der Waals surface area contributed by atoms with Crippen LogP contribution in [0.4, 0.5) is 0 Å². The average molecular weight is 302 g/mol. The molecule has 1 aliphatic carbocycles. The van der Waals surface area contributed by atoms with Crippen molar-refractivity contribution >= 4 is 23.0 Å². The van der Waals surface area contributed by atoms with Crippen LogP contribution in [0.1, 0.15) is 37.8 Å². The predicted molar refractivity (Wildman–Crippen MR) is 89.5 cm³/mol. The van der Waals surface area contributed by atoms with Crippen molar-refractivity contribution in [2.75, 3.05) is 6.54 Å². The van der Waals surface area contributed by atoms with Crippen LogP contribution in [0.15, 0.2) is 30.6 Å². The zero-order chi connectivity index (χ0) is 14.5. The lowest BCUT2D eigenvalue weighted by Crippen LogP contribution is -2.43. The number of hydrogen-bond acceptors (Lipinski definition) is 2. The molecule has 0 bridgehead atoms. The van der Waals surface area contributed by atoms with Crippen LogP contribution in [0.25, 0.3) is 5.65 Å². The van der Waals surface area contributed by atoms with Crippen LogP contribution in [0.5, 0.6) is 0 Å². The SMILES string of the molecule is S=C(NCCc1cn2ccccc2n1)NC1CCCCC1. The van der Waals surface area contributed by atoms with Crippen molar-refractivity contribution in [2.24, 2.45) is 0 Å². The molecule has 3 rings (SSSR count). The van der Waals surface area contributed by atoms with Gasteiger partial charge in [-0.05, 0) is 37.2 Å². The molecule has 2 N–H and O–H groups in total. The van der Waals surface area contributed by atoms with Gasteiger partial charge in [-0.2, -0.15) is 0 Å². The number of thiocarbonyl (C=S) groups is 1. The van der Waals surface area contributed by atoms with E-state index in [1.54, 1.807) is 0 Å². The van der Waals surface area contributed by atoms with Crippen molar-refractivity contribution < 1.29 is 0 Å². The van der Waals surface area contributed by atoms with E-state index in [0.717, 1.165) is 29.4 Å². The molecule has 0 aliphatic heterocycles. The fourth-order valence-electron chi connectivity index (χ4n) is 2.90. The summed E-state index contributed by atoms with van der Waals surface area (Å²) < 4.78 is 2.05. The third kappa shape index (κ3) is 3.94. The van der Waals surface area contributed by atoms with E-state index in [-0.39, 0.29) is 0 Å². The summed E-state index contributed by atoms with van der Waals surface area (Å²) in [5, 5.41) is 7.50. The maximum Gasteiger partial charge on any atom is 0.166 e. The molecule has 5 heteroatoms. The quantitative estimate of drug-likeness (QED) is 0.852. The van der Waals surface area contributed by atoms with Crippen LogP contribution in [-0.2, 0) is 6.42 Å². The molecule has 112 valence electrons. The van der Waals surface area contributed by atoms with Gasteiger partial charge in [0, 0.05) is 31.4 Å². The highest BCUT2D eigenvalue weighted by atomic mass is 32.1. The predicted octanol–water partition coefficient (Wildman–Crippen LogP) is 2.67. The van der Waals surface area contributed by atoms with Gasteiger partial charge in [-0.1, -0.05) is 25.3 Å². The van der Waals surface area contributed by atoms with E-state index in [2.05, 4.69) is 21.8 Å². The van der Waals surface area contributed by atoms with Crippen molar-refractivity contribution in [3.05, 3.63) is 36.3 Å². The summed E-state index contributed by atoms with van der Waals surface area (Å²) >= 11 is 5.37. The number of aromatic nitrogens is 2. The lowest BCUT2D eigenvalue weighted by atomic mass is 9.96. The normalized spacial score (nSPS) is 16.0. The third-order valence-corrected chi connectivity index (χ3v) is 4.28. The van der Waals surface area contributed by atoms with Crippen LogP contribution in [-0.4, -0.2) is 27.1 Å². The minimum absolute atomic E-state index is 0.564. The molecule has 0 atom stereocenters. The fourth-order valence-corrected chi connectivity index (χ4v) is 3.16. The first-order chi connectivity index (χ1) is 10.3. The maximum absolute atomic E-state index is 5.37. The highest BCUT2D eigenvalue weighted by Gasteiger charge is 2.13. The van der Waals surface area contributed by atoms with Crippen LogP contribution < -0.4 is 10.6 Å². The molecule has 1 fully saturated rings. The van der Waals surface area contributed by atoms with Gasteiger partial charge in [0.1, 0.15) is 5.65 Å². The summed E-state index contributed by atoms with van der Waals surface area (Å²) in [5.74, 6) is 0. The van der Waals surface area contributed by atoms with Crippen LogP contribution in [0, 0.1) is 0 Å². The number of imidazole rings is 1. The number of rotatable bonds is 4. The Morgan fingerprint density at radius 2 is 2.14 bits per heavy atom. The number of pyridine rings is 1.